The van der Waals surface area contributed by atoms with Crippen LogP contribution in [0, 0.1) is 0 Å². The fraction of sp³-hybridized carbons (Fsp3) is 0.286. The van der Waals surface area contributed by atoms with E-state index in [1.165, 1.54) is 14.2 Å². The third kappa shape index (κ3) is 2.62. The van der Waals surface area contributed by atoms with Gasteiger partial charge in [0.05, 0.1) is 34.2 Å². The zero-order valence-electron chi connectivity index (χ0n) is 13.3. The topological polar surface area (TPSA) is 110 Å². The molecule has 0 fully saturated rings. The van der Waals surface area contributed by atoms with E-state index in [1.54, 1.807) is 24.2 Å². The zero-order valence-corrected chi connectivity index (χ0v) is 14.0. The van der Waals surface area contributed by atoms with Gasteiger partial charge in [0, 0.05) is 11.8 Å². The van der Waals surface area contributed by atoms with Crippen LogP contribution in [-0.4, -0.2) is 45.8 Å². The Balaban J connectivity index is 2.09. The molecule has 126 valence electrons. The summed E-state index contributed by atoms with van der Waals surface area (Å²) < 4.78 is 17.7. The Kier molecular flexibility index (Phi) is 4.26. The SMILES string of the molecule is COc1ncc(Cn2cnc3c(Cl)nc(N)nc32)c(OC)c1OC. The average Bonchev–Trinajstić information content (AvgIpc) is 2.97. The molecule has 0 saturated carbocycles. The first kappa shape index (κ1) is 16.1. The van der Waals surface area contributed by atoms with Gasteiger partial charge in [-0.2, -0.15) is 9.97 Å². The van der Waals surface area contributed by atoms with Crippen molar-refractivity contribution in [2.45, 2.75) is 6.54 Å². The molecule has 3 aromatic heterocycles. The lowest BCUT2D eigenvalue weighted by atomic mass is 10.2. The van der Waals surface area contributed by atoms with Crippen LogP contribution in [-0.2, 0) is 6.54 Å². The molecule has 0 bridgehead atoms. The molecule has 3 heterocycles. The van der Waals surface area contributed by atoms with Gasteiger partial charge in [0.1, 0.15) is 5.52 Å². The molecule has 0 radical (unpaired) electrons. The number of imidazole rings is 1. The molecule has 0 aliphatic heterocycles. The van der Waals surface area contributed by atoms with E-state index in [9.17, 15) is 0 Å². The number of halogens is 1. The molecular weight excluding hydrogens is 336 g/mol. The van der Waals surface area contributed by atoms with Crippen molar-refractivity contribution < 1.29 is 14.2 Å². The maximum absolute atomic E-state index is 6.04. The number of methoxy groups -OCH3 is 3. The van der Waals surface area contributed by atoms with Gasteiger partial charge in [0.2, 0.25) is 11.7 Å². The highest BCUT2D eigenvalue weighted by Gasteiger charge is 2.19. The molecule has 24 heavy (non-hydrogen) atoms. The third-order valence-electron chi connectivity index (χ3n) is 3.41. The molecule has 0 aliphatic carbocycles. The van der Waals surface area contributed by atoms with Gasteiger partial charge in [-0.15, -0.1) is 0 Å². The Morgan fingerprint density at radius 3 is 2.50 bits per heavy atom. The molecule has 0 unspecified atom stereocenters. The van der Waals surface area contributed by atoms with Crippen molar-refractivity contribution in [2.75, 3.05) is 27.1 Å². The molecule has 0 spiro atoms. The number of hydrogen-bond donors (Lipinski definition) is 1. The molecule has 0 atom stereocenters. The number of nitrogens with two attached hydrogens (primary N) is 1. The summed E-state index contributed by atoms with van der Waals surface area (Å²) in [6.45, 7) is 0.375. The number of ether oxygens (including phenoxy) is 3. The van der Waals surface area contributed by atoms with Crippen molar-refractivity contribution in [3.63, 3.8) is 0 Å². The van der Waals surface area contributed by atoms with Crippen LogP contribution in [0.2, 0.25) is 5.15 Å². The highest BCUT2D eigenvalue weighted by Crippen LogP contribution is 2.38. The van der Waals surface area contributed by atoms with Crippen molar-refractivity contribution in [2.24, 2.45) is 0 Å². The number of nitrogen functional groups attached to an aromatic ring is 1. The minimum atomic E-state index is 0.0756. The van der Waals surface area contributed by atoms with Gasteiger partial charge >= 0.3 is 0 Å². The Bertz CT molecular complexity index is 898. The summed E-state index contributed by atoms with van der Waals surface area (Å²) in [7, 11) is 4.57. The fourth-order valence-corrected chi connectivity index (χ4v) is 2.60. The monoisotopic (exact) mass is 350 g/mol. The number of anilines is 1. The first-order valence-corrected chi connectivity index (χ1v) is 7.24. The number of fused-ring (bicyclic) bond motifs is 1. The minimum Gasteiger partial charge on any atom is -0.492 e. The highest BCUT2D eigenvalue weighted by atomic mass is 35.5. The number of hydrogen-bond acceptors (Lipinski definition) is 8. The summed E-state index contributed by atoms with van der Waals surface area (Å²) in [6.07, 6.45) is 3.24. The Labute approximate surface area is 142 Å². The normalized spacial score (nSPS) is 10.8. The van der Waals surface area contributed by atoms with E-state index >= 15 is 0 Å². The van der Waals surface area contributed by atoms with Crippen molar-refractivity contribution in [3.8, 4) is 17.4 Å². The number of pyridine rings is 1. The van der Waals surface area contributed by atoms with Gasteiger partial charge in [0.25, 0.3) is 5.88 Å². The van der Waals surface area contributed by atoms with Crippen molar-refractivity contribution >= 4 is 28.7 Å². The standard InChI is InChI=1S/C14H15ClN6O3/c1-22-9-7(4-17-13(24-3)10(9)23-2)5-21-6-18-8-11(15)19-14(16)20-12(8)21/h4,6H,5H2,1-3H3,(H2,16,19,20). The van der Waals surface area contributed by atoms with E-state index in [2.05, 4.69) is 19.9 Å². The lowest BCUT2D eigenvalue weighted by Crippen LogP contribution is -2.06. The van der Waals surface area contributed by atoms with Gasteiger partial charge in [-0.25, -0.2) is 9.97 Å². The van der Waals surface area contributed by atoms with E-state index in [0.717, 1.165) is 5.56 Å². The van der Waals surface area contributed by atoms with Crippen LogP contribution in [0.5, 0.6) is 17.4 Å². The highest BCUT2D eigenvalue weighted by molar-refractivity contribution is 6.33. The van der Waals surface area contributed by atoms with E-state index in [1.807, 2.05) is 0 Å². The van der Waals surface area contributed by atoms with E-state index in [-0.39, 0.29) is 11.1 Å². The summed E-state index contributed by atoms with van der Waals surface area (Å²) in [4.78, 5) is 16.5. The summed E-state index contributed by atoms with van der Waals surface area (Å²) in [5.41, 5.74) is 7.41. The Morgan fingerprint density at radius 1 is 1.08 bits per heavy atom. The lowest BCUT2D eigenvalue weighted by molar-refractivity contribution is 0.313. The smallest absolute Gasteiger partial charge is 0.260 e. The molecule has 3 rings (SSSR count). The summed E-state index contributed by atoms with van der Waals surface area (Å²) >= 11 is 6.04. The number of nitrogens with zero attached hydrogens (tertiary/aromatic N) is 5. The molecule has 9 nitrogen and oxygen atoms in total. The summed E-state index contributed by atoms with van der Waals surface area (Å²) in [5.74, 6) is 1.34. The van der Waals surface area contributed by atoms with Crippen molar-refractivity contribution in [3.05, 3.63) is 23.2 Å². The summed E-state index contributed by atoms with van der Waals surface area (Å²) in [5, 5.41) is 0.202. The molecule has 2 N–H and O–H groups in total. The number of rotatable bonds is 5. The first-order valence-electron chi connectivity index (χ1n) is 6.86. The zero-order chi connectivity index (χ0) is 17.3. The van der Waals surface area contributed by atoms with Gasteiger partial charge in [-0.05, 0) is 0 Å². The van der Waals surface area contributed by atoms with Gasteiger partial charge in [-0.1, -0.05) is 11.6 Å². The van der Waals surface area contributed by atoms with Gasteiger partial charge in [-0.3, -0.25) is 0 Å². The van der Waals surface area contributed by atoms with Crippen molar-refractivity contribution in [1.29, 1.82) is 0 Å². The molecule has 0 saturated heterocycles. The largest absolute Gasteiger partial charge is 0.492 e. The molecular formula is C14H15ClN6O3. The Hall–Kier alpha value is -2.81. The quantitative estimate of drug-likeness (QED) is 0.690. The fourth-order valence-electron chi connectivity index (χ4n) is 2.38. The van der Waals surface area contributed by atoms with Crippen LogP contribution in [0.3, 0.4) is 0 Å². The molecule has 0 aromatic carbocycles. The van der Waals surface area contributed by atoms with Crippen LogP contribution < -0.4 is 19.9 Å². The van der Waals surface area contributed by atoms with E-state index < -0.39 is 0 Å². The van der Waals surface area contributed by atoms with Crippen LogP contribution in [0.25, 0.3) is 11.2 Å². The predicted molar refractivity (Wildman–Crippen MR) is 87.7 cm³/mol. The van der Waals surface area contributed by atoms with Crippen LogP contribution in [0.1, 0.15) is 5.56 Å². The lowest BCUT2D eigenvalue weighted by Gasteiger charge is -2.15. The third-order valence-corrected chi connectivity index (χ3v) is 3.67. The van der Waals surface area contributed by atoms with E-state index in [0.29, 0.717) is 35.1 Å². The van der Waals surface area contributed by atoms with Crippen molar-refractivity contribution in [1.82, 2.24) is 24.5 Å². The number of aromatic nitrogens is 5. The second kappa shape index (κ2) is 6.36. The molecule has 0 aliphatic rings. The molecule has 10 heteroatoms. The second-order valence-corrected chi connectivity index (χ2v) is 5.13. The first-order chi connectivity index (χ1) is 11.6. The Morgan fingerprint density at radius 2 is 1.83 bits per heavy atom. The average molecular weight is 351 g/mol. The van der Waals surface area contributed by atoms with Crippen LogP contribution in [0.4, 0.5) is 5.95 Å². The van der Waals surface area contributed by atoms with Crippen LogP contribution in [0.15, 0.2) is 12.5 Å². The maximum atomic E-state index is 6.04. The van der Waals surface area contributed by atoms with Crippen LogP contribution >= 0.6 is 11.6 Å². The van der Waals surface area contributed by atoms with Gasteiger partial charge in [0.15, 0.2) is 16.5 Å². The second-order valence-electron chi connectivity index (χ2n) is 4.78. The predicted octanol–water partition coefficient (Wildman–Crippen LogP) is 1.53. The summed E-state index contributed by atoms with van der Waals surface area (Å²) in [6, 6.07) is 0. The molecule has 3 aromatic rings. The van der Waals surface area contributed by atoms with Gasteiger partial charge < -0.3 is 24.5 Å². The van der Waals surface area contributed by atoms with E-state index in [4.69, 9.17) is 31.5 Å². The maximum Gasteiger partial charge on any atom is 0.260 e. The molecule has 0 amide bonds. The minimum absolute atomic E-state index is 0.0756.